The molecule has 8 heteroatoms. The van der Waals surface area contributed by atoms with Crippen LogP contribution in [0.1, 0.15) is 23.2 Å². The van der Waals surface area contributed by atoms with E-state index in [0.717, 1.165) is 0 Å². The molecule has 18 heavy (non-hydrogen) atoms. The maximum atomic E-state index is 11.9. The number of amides is 1. The summed E-state index contributed by atoms with van der Waals surface area (Å²) in [6.07, 6.45) is -4.08. The first-order valence-electron chi connectivity index (χ1n) is 5.05. The number of anilines is 1. The van der Waals surface area contributed by atoms with Gasteiger partial charge in [-0.15, -0.1) is 0 Å². The van der Waals surface area contributed by atoms with Crippen LogP contribution in [-0.4, -0.2) is 23.6 Å². The fourth-order valence-corrected chi connectivity index (χ4v) is 1.40. The number of pyridine rings is 1. The number of rotatable bonds is 4. The molecule has 0 aliphatic rings. The van der Waals surface area contributed by atoms with Crippen molar-refractivity contribution in [3.8, 4) is 0 Å². The lowest BCUT2D eigenvalue weighted by atomic mass is 10.2. The van der Waals surface area contributed by atoms with Crippen LogP contribution in [-0.2, 0) is 0 Å². The Bertz CT molecular complexity index is 437. The number of hydrogen-bond acceptors (Lipinski definition) is 3. The highest BCUT2D eigenvalue weighted by atomic mass is 35.5. The summed E-state index contributed by atoms with van der Waals surface area (Å²) >= 11 is 5.67. The van der Waals surface area contributed by atoms with E-state index in [2.05, 4.69) is 10.3 Å². The second-order valence-electron chi connectivity index (χ2n) is 3.58. The van der Waals surface area contributed by atoms with E-state index in [-0.39, 0.29) is 29.4 Å². The average molecular weight is 282 g/mol. The van der Waals surface area contributed by atoms with Crippen LogP contribution in [0, 0.1) is 0 Å². The molecule has 0 aliphatic heterocycles. The molecule has 0 bridgehead atoms. The summed E-state index contributed by atoms with van der Waals surface area (Å²) in [5.41, 5.74) is 5.72. The highest BCUT2D eigenvalue weighted by Crippen LogP contribution is 2.21. The van der Waals surface area contributed by atoms with Gasteiger partial charge in [-0.25, -0.2) is 4.98 Å². The molecule has 1 rings (SSSR count). The standard InChI is InChI=1S/C10H11ClF3N3O/c11-8-7(4-6(15)5-17-8)9(18)16-3-1-2-10(12,13)14/h4-5H,1-3,15H2,(H,16,18). The van der Waals surface area contributed by atoms with Crippen LogP contribution in [0.15, 0.2) is 12.3 Å². The number of nitrogens with two attached hydrogens (primary N) is 1. The molecule has 0 saturated heterocycles. The first-order chi connectivity index (χ1) is 8.29. The van der Waals surface area contributed by atoms with Gasteiger partial charge in [0.2, 0.25) is 0 Å². The van der Waals surface area contributed by atoms with Crippen molar-refractivity contribution in [3.05, 3.63) is 23.0 Å². The largest absolute Gasteiger partial charge is 0.397 e. The predicted octanol–water partition coefficient (Wildman–Crippen LogP) is 2.39. The molecule has 100 valence electrons. The summed E-state index contributed by atoms with van der Waals surface area (Å²) in [4.78, 5) is 15.2. The van der Waals surface area contributed by atoms with E-state index in [0.29, 0.717) is 0 Å². The van der Waals surface area contributed by atoms with E-state index in [1.54, 1.807) is 0 Å². The SMILES string of the molecule is Nc1cnc(Cl)c(C(=O)NCCCC(F)(F)F)c1. The highest BCUT2D eigenvalue weighted by molar-refractivity contribution is 6.32. The lowest BCUT2D eigenvalue weighted by molar-refractivity contribution is -0.135. The van der Waals surface area contributed by atoms with E-state index in [1.807, 2.05) is 0 Å². The summed E-state index contributed by atoms with van der Waals surface area (Å²) < 4.78 is 35.6. The van der Waals surface area contributed by atoms with Crippen molar-refractivity contribution in [1.29, 1.82) is 0 Å². The monoisotopic (exact) mass is 281 g/mol. The fourth-order valence-electron chi connectivity index (χ4n) is 1.21. The Hall–Kier alpha value is -1.50. The third-order valence-electron chi connectivity index (χ3n) is 2.03. The molecule has 0 aromatic carbocycles. The van der Waals surface area contributed by atoms with Crippen LogP contribution in [0.5, 0.6) is 0 Å². The maximum absolute atomic E-state index is 11.9. The fraction of sp³-hybridized carbons (Fsp3) is 0.400. The molecule has 0 fully saturated rings. The molecule has 3 N–H and O–H groups in total. The molecule has 1 amide bonds. The minimum Gasteiger partial charge on any atom is -0.397 e. The van der Waals surface area contributed by atoms with Gasteiger partial charge in [0, 0.05) is 13.0 Å². The van der Waals surface area contributed by atoms with Gasteiger partial charge in [-0.1, -0.05) is 11.6 Å². The van der Waals surface area contributed by atoms with E-state index >= 15 is 0 Å². The molecule has 0 aliphatic carbocycles. The number of nitrogens with zero attached hydrogens (tertiary/aromatic N) is 1. The van der Waals surface area contributed by atoms with Gasteiger partial charge in [0.25, 0.3) is 5.91 Å². The predicted molar refractivity (Wildman–Crippen MR) is 61.3 cm³/mol. The van der Waals surface area contributed by atoms with Gasteiger partial charge < -0.3 is 11.1 Å². The zero-order valence-electron chi connectivity index (χ0n) is 9.22. The first-order valence-corrected chi connectivity index (χ1v) is 5.43. The second kappa shape index (κ2) is 5.90. The Morgan fingerprint density at radius 3 is 2.78 bits per heavy atom. The number of aromatic nitrogens is 1. The number of carbonyl (C=O) groups excluding carboxylic acids is 1. The summed E-state index contributed by atoms with van der Waals surface area (Å²) in [7, 11) is 0. The van der Waals surface area contributed by atoms with Crippen LogP contribution in [0.2, 0.25) is 5.15 Å². The van der Waals surface area contributed by atoms with Gasteiger partial charge in [-0.05, 0) is 12.5 Å². The Balaban J connectivity index is 2.48. The lowest BCUT2D eigenvalue weighted by Crippen LogP contribution is -2.26. The number of nitrogens with one attached hydrogen (secondary N) is 1. The second-order valence-corrected chi connectivity index (χ2v) is 3.94. The zero-order chi connectivity index (χ0) is 13.8. The Morgan fingerprint density at radius 2 is 2.17 bits per heavy atom. The van der Waals surface area contributed by atoms with E-state index < -0.39 is 18.5 Å². The Labute approximate surface area is 106 Å². The van der Waals surface area contributed by atoms with Gasteiger partial charge in [0.05, 0.1) is 17.4 Å². The summed E-state index contributed by atoms with van der Waals surface area (Å²) in [6.45, 7) is -0.0938. The molecular formula is C10H11ClF3N3O. The normalized spacial score (nSPS) is 11.3. The summed E-state index contributed by atoms with van der Waals surface area (Å²) in [6, 6.07) is 1.31. The van der Waals surface area contributed by atoms with Crippen molar-refractivity contribution < 1.29 is 18.0 Å². The minimum absolute atomic E-state index is 0.0440. The number of hydrogen-bond donors (Lipinski definition) is 2. The van der Waals surface area contributed by atoms with E-state index in [4.69, 9.17) is 17.3 Å². The molecule has 0 spiro atoms. The van der Waals surface area contributed by atoms with Crippen molar-refractivity contribution in [2.75, 3.05) is 12.3 Å². The van der Waals surface area contributed by atoms with Crippen LogP contribution >= 0.6 is 11.6 Å². The number of carbonyl (C=O) groups is 1. The average Bonchev–Trinajstić information content (AvgIpc) is 2.26. The molecule has 4 nitrogen and oxygen atoms in total. The van der Waals surface area contributed by atoms with Crippen molar-refractivity contribution in [2.45, 2.75) is 19.0 Å². The molecule has 1 aromatic rings. The van der Waals surface area contributed by atoms with E-state index in [9.17, 15) is 18.0 Å². The zero-order valence-corrected chi connectivity index (χ0v) is 9.98. The van der Waals surface area contributed by atoms with Crippen molar-refractivity contribution in [2.24, 2.45) is 0 Å². The molecular weight excluding hydrogens is 271 g/mol. The van der Waals surface area contributed by atoms with Crippen molar-refractivity contribution in [1.82, 2.24) is 10.3 Å². The van der Waals surface area contributed by atoms with E-state index in [1.165, 1.54) is 12.3 Å². The summed E-state index contributed by atoms with van der Waals surface area (Å²) in [5, 5.41) is 2.28. The third-order valence-corrected chi connectivity index (χ3v) is 2.33. The Kier molecular flexibility index (Phi) is 4.77. The van der Waals surface area contributed by atoms with Gasteiger partial charge in [0.15, 0.2) is 0 Å². The topological polar surface area (TPSA) is 68.0 Å². The summed E-state index contributed by atoms with van der Waals surface area (Å²) in [5.74, 6) is -0.595. The molecule has 0 unspecified atom stereocenters. The van der Waals surface area contributed by atoms with Gasteiger partial charge in [-0.3, -0.25) is 4.79 Å². The van der Waals surface area contributed by atoms with Gasteiger partial charge in [0.1, 0.15) is 5.15 Å². The quantitative estimate of drug-likeness (QED) is 0.658. The van der Waals surface area contributed by atoms with Crippen LogP contribution in [0.3, 0.4) is 0 Å². The molecule has 1 aromatic heterocycles. The Morgan fingerprint density at radius 1 is 1.50 bits per heavy atom. The lowest BCUT2D eigenvalue weighted by Gasteiger charge is -2.08. The van der Waals surface area contributed by atoms with Crippen LogP contribution < -0.4 is 11.1 Å². The van der Waals surface area contributed by atoms with Crippen molar-refractivity contribution in [3.63, 3.8) is 0 Å². The van der Waals surface area contributed by atoms with Gasteiger partial charge >= 0.3 is 6.18 Å². The van der Waals surface area contributed by atoms with Gasteiger partial charge in [-0.2, -0.15) is 13.2 Å². The van der Waals surface area contributed by atoms with Crippen LogP contribution in [0.25, 0.3) is 0 Å². The number of halogens is 4. The third kappa shape index (κ3) is 4.79. The first kappa shape index (κ1) is 14.6. The minimum atomic E-state index is -4.22. The molecule has 0 saturated carbocycles. The van der Waals surface area contributed by atoms with Crippen molar-refractivity contribution >= 4 is 23.2 Å². The molecule has 1 heterocycles. The highest BCUT2D eigenvalue weighted by Gasteiger charge is 2.26. The molecule has 0 atom stereocenters. The molecule has 0 radical (unpaired) electrons. The number of nitrogen functional groups attached to an aromatic ring is 1. The smallest absolute Gasteiger partial charge is 0.389 e. The van der Waals surface area contributed by atoms with Crippen LogP contribution in [0.4, 0.5) is 18.9 Å². The maximum Gasteiger partial charge on any atom is 0.389 e. The number of alkyl halides is 3.